The third-order valence-electron chi connectivity index (χ3n) is 6.90. The van der Waals surface area contributed by atoms with Gasteiger partial charge in [-0.1, -0.05) is 31.1 Å². The van der Waals surface area contributed by atoms with Crippen LogP contribution in [0.3, 0.4) is 0 Å². The molecule has 33 heavy (non-hydrogen) atoms. The lowest BCUT2D eigenvalue weighted by Crippen LogP contribution is -2.53. The Morgan fingerprint density at radius 2 is 1.88 bits per heavy atom. The van der Waals surface area contributed by atoms with Crippen LogP contribution < -0.4 is 14.8 Å². The smallest absolute Gasteiger partial charge is 0.225 e. The zero-order valence-electron chi connectivity index (χ0n) is 20.4. The highest BCUT2D eigenvalue weighted by Gasteiger charge is 2.32. The van der Waals surface area contributed by atoms with Crippen LogP contribution in [0, 0.1) is 5.92 Å². The summed E-state index contributed by atoms with van der Waals surface area (Å²) in [6.07, 6.45) is 4.26. The number of fused-ring (bicyclic) bond motifs is 1. The van der Waals surface area contributed by atoms with Crippen LogP contribution in [0.25, 0.3) is 5.57 Å². The van der Waals surface area contributed by atoms with Crippen molar-refractivity contribution >= 4 is 11.5 Å². The number of ether oxygens (including phenoxy) is 2. The van der Waals surface area contributed by atoms with Gasteiger partial charge in [-0.2, -0.15) is 0 Å². The Balaban J connectivity index is 1.40. The molecular formula is C28H36N2O3. The van der Waals surface area contributed by atoms with Crippen LogP contribution in [0.5, 0.6) is 11.5 Å². The van der Waals surface area contributed by atoms with Gasteiger partial charge in [-0.05, 0) is 78.3 Å². The van der Waals surface area contributed by atoms with Crippen LogP contribution in [0.2, 0.25) is 0 Å². The van der Waals surface area contributed by atoms with Crippen LogP contribution in [0.1, 0.15) is 48.9 Å². The molecule has 1 aliphatic heterocycles. The highest BCUT2D eigenvalue weighted by atomic mass is 16.5. The minimum Gasteiger partial charge on any atom is -0.497 e. The van der Waals surface area contributed by atoms with E-state index in [-0.39, 0.29) is 11.8 Å². The number of hydrogen-bond donors (Lipinski definition) is 1. The molecule has 0 radical (unpaired) electrons. The number of methoxy groups -OCH3 is 1. The quantitative estimate of drug-likeness (QED) is 0.608. The summed E-state index contributed by atoms with van der Waals surface area (Å²) in [6.45, 7) is 7.65. The first-order valence-corrected chi connectivity index (χ1v) is 12.1. The molecule has 1 amide bonds. The van der Waals surface area contributed by atoms with E-state index in [0.717, 1.165) is 62.4 Å². The Hall–Kier alpha value is -2.79. The van der Waals surface area contributed by atoms with Gasteiger partial charge in [0.05, 0.1) is 13.0 Å². The first-order chi connectivity index (χ1) is 16.0. The summed E-state index contributed by atoms with van der Waals surface area (Å²) in [7, 11) is 3.43. The molecule has 0 atom stereocenters. The number of rotatable bonds is 9. The maximum Gasteiger partial charge on any atom is 0.225 e. The first kappa shape index (κ1) is 23.4. The number of amides is 1. The molecular weight excluding hydrogens is 412 g/mol. The fourth-order valence-corrected chi connectivity index (χ4v) is 4.96. The normalized spacial score (nSPS) is 16.2. The van der Waals surface area contributed by atoms with Gasteiger partial charge in [-0.3, -0.25) is 9.69 Å². The Morgan fingerprint density at radius 3 is 2.61 bits per heavy atom. The summed E-state index contributed by atoms with van der Waals surface area (Å²) in [5, 5.41) is 2.76. The van der Waals surface area contributed by atoms with Crippen molar-refractivity contribution in [3.63, 3.8) is 0 Å². The number of nitrogens with zero attached hydrogens (tertiary/aromatic N) is 1. The fourth-order valence-electron chi connectivity index (χ4n) is 4.96. The van der Waals surface area contributed by atoms with Gasteiger partial charge >= 0.3 is 0 Å². The van der Waals surface area contributed by atoms with Gasteiger partial charge < -0.3 is 14.8 Å². The molecule has 1 fully saturated rings. The Morgan fingerprint density at radius 1 is 1.09 bits per heavy atom. The molecule has 0 aromatic heterocycles. The van der Waals surface area contributed by atoms with Crippen molar-refractivity contribution in [1.29, 1.82) is 0 Å². The van der Waals surface area contributed by atoms with Gasteiger partial charge in [0.25, 0.3) is 0 Å². The minimum atomic E-state index is 0.147. The molecule has 1 aliphatic carbocycles. The van der Waals surface area contributed by atoms with E-state index in [2.05, 4.69) is 60.5 Å². The van der Waals surface area contributed by atoms with E-state index in [1.165, 1.54) is 27.8 Å². The molecule has 2 aromatic carbocycles. The van der Waals surface area contributed by atoms with Crippen molar-refractivity contribution in [2.45, 2.75) is 46.1 Å². The third-order valence-corrected chi connectivity index (χ3v) is 6.90. The Kier molecular flexibility index (Phi) is 7.39. The molecule has 1 N–H and O–H groups in total. The zero-order valence-corrected chi connectivity index (χ0v) is 20.4. The van der Waals surface area contributed by atoms with E-state index in [0.29, 0.717) is 6.61 Å². The summed E-state index contributed by atoms with van der Waals surface area (Å²) in [5.74, 6) is 2.12. The number of carbonyl (C=O) groups is 1. The van der Waals surface area contributed by atoms with Crippen molar-refractivity contribution in [2.24, 2.45) is 5.92 Å². The van der Waals surface area contributed by atoms with Gasteiger partial charge in [0.1, 0.15) is 18.1 Å². The molecule has 0 saturated carbocycles. The largest absolute Gasteiger partial charge is 0.497 e. The molecule has 2 aromatic rings. The molecule has 5 heteroatoms. The molecule has 1 saturated heterocycles. The standard InChI is InChI=1S/C28H36N2O3/c1-5-6-20-11-21(13-26(12-20)32-4)18-33-25-9-10-27-19(2)23(8-7-22(27)14-25)15-30-16-24(17-30)28(31)29-3/h9-14,24H,5-8,15-18H2,1-4H3,(H,29,31). The number of aryl methyl sites for hydroxylation is 2. The molecule has 176 valence electrons. The molecule has 2 aliphatic rings. The molecule has 0 bridgehead atoms. The number of allylic oxidation sites excluding steroid dienone is 1. The molecule has 0 unspecified atom stereocenters. The number of benzene rings is 2. The number of hydrogen-bond acceptors (Lipinski definition) is 4. The third kappa shape index (κ3) is 5.41. The second-order valence-corrected chi connectivity index (χ2v) is 9.28. The SMILES string of the molecule is CCCc1cc(COc2ccc3c(c2)CCC(CN2CC(C(=O)NC)C2)=C3C)cc(OC)c1. The van der Waals surface area contributed by atoms with Gasteiger partial charge in [-0.15, -0.1) is 0 Å². The van der Waals surface area contributed by atoms with Crippen LogP contribution in [0.15, 0.2) is 42.0 Å². The average Bonchev–Trinajstić information content (AvgIpc) is 2.80. The highest BCUT2D eigenvalue weighted by Crippen LogP contribution is 2.34. The van der Waals surface area contributed by atoms with E-state index >= 15 is 0 Å². The maximum absolute atomic E-state index is 11.7. The van der Waals surface area contributed by atoms with E-state index in [1.807, 2.05) is 0 Å². The lowest BCUT2D eigenvalue weighted by molar-refractivity contribution is -0.129. The predicted octanol–water partition coefficient (Wildman–Crippen LogP) is 4.62. The lowest BCUT2D eigenvalue weighted by Gasteiger charge is -2.39. The minimum absolute atomic E-state index is 0.147. The van der Waals surface area contributed by atoms with Crippen LogP contribution in [-0.2, 0) is 24.2 Å². The van der Waals surface area contributed by atoms with Gasteiger partial charge in [0.2, 0.25) is 5.91 Å². The van der Waals surface area contributed by atoms with Crippen LogP contribution in [-0.4, -0.2) is 44.6 Å². The molecule has 4 rings (SSSR count). The van der Waals surface area contributed by atoms with Crippen molar-refractivity contribution in [2.75, 3.05) is 33.8 Å². The van der Waals surface area contributed by atoms with Crippen molar-refractivity contribution < 1.29 is 14.3 Å². The van der Waals surface area contributed by atoms with Crippen molar-refractivity contribution in [3.05, 3.63) is 64.2 Å². The number of carbonyl (C=O) groups excluding carboxylic acids is 1. The monoisotopic (exact) mass is 448 g/mol. The van der Waals surface area contributed by atoms with Gasteiger partial charge in [0.15, 0.2) is 0 Å². The van der Waals surface area contributed by atoms with E-state index in [1.54, 1.807) is 14.2 Å². The topological polar surface area (TPSA) is 50.8 Å². The van der Waals surface area contributed by atoms with Crippen LogP contribution in [0.4, 0.5) is 0 Å². The zero-order chi connectivity index (χ0) is 23.4. The Bertz CT molecular complexity index is 1040. The summed E-state index contributed by atoms with van der Waals surface area (Å²) < 4.78 is 11.6. The van der Waals surface area contributed by atoms with Gasteiger partial charge in [-0.25, -0.2) is 0 Å². The summed E-state index contributed by atoms with van der Waals surface area (Å²) in [5.41, 5.74) is 7.99. The molecule has 1 heterocycles. The average molecular weight is 449 g/mol. The summed E-state index contributed by atoms with van der Waals surface area (Å²) in [6, 6.07) is 12.9. The summed E-state index contributed by atoms with van der Waals surface area (Å²) in [4.78, 5) is 14.1. The first-order valence-electron chi connectivity index (χ1n) is 12.1. The number of likely N-dealkylation sites (tertiary alicyclic amines) is 1. The fraction of sp³-hybridized carbons (Fsp3) is 0.464. The van der Waals surface area contributed by atoms with Crippen molar-refractivity contribution in [1.82, 2.24) is 10.2 Å². The number of nitrogens with one attached hydrogen (secondary N) is 1. The highest BCUT2D eigenvalue weighted by molar-refractivity contribution is 5.79. The van der Waals surface area contributed by atoms with Crippen molar-refractivity contribution in [3.8, 4) is 11.5 Å². The Labute approximate surface area is 197 Å². The second-order valence-electron chi connectivity index (χ2n) is 9.28. The van der Waals surface area contributed by atoms with Crippen LogP contribution >= 0.6 is 0 Å². The maximum atomic E-state index is 11.7. The molecule has 0 spiro atoms. The van der Waals surface area contributed by atoms with Gasteiger partial charge in [0, 0.05) is 26.7 Å². The summed E-state index contributed by atoms with van der Waals surface area (Å²) >= 11 is 0. The predicted molar refractivity (Wildman–Crippen MR) is 133 cm³/mol. The van der Waals surface area contributed by atoms with E-state index < -0.39 is 0 Å². The van der Waals surface area contributed by atoms with E-state index in [9.17, 15) is 4.79 Å². The molecule has 5 nitrogen and oxygen atoms in total. The second kappa shape index (κ2) is 10.4. The van der Waals surface area contributed by atoms with E-state index in [4.69, 9.17) is 9.47 Å². The lowest BCUT2D eigenvalue weighted by atomic mass is 9.85.